The second-order valence-corrected chi connectivity index (χ2v) is 4.75. The molecule has 0 heterocycles. The van der Waals surface area contributed by atoms with Crippen molar-refractivity contribution < 1.29 is 33.1 Å². The molecule has 1 unspecified atom stereocenters. The fraction of sp³-hybridized carbons (Fsp3) is 1.00. The van der Waals surface area contributed by atoms with Crippen LogP contribution >= 0.6 is 7.82 Å². The average Bonchev–Trinajstić information content (AvgIpc) is 2.20. The molecule has 0 aliphatic rings. The molecule has 0 saturated heterocycles. The molecule has 0 aromatic carbocycles. The Kier molecular flexibility index (Phi) is 9.96. The predicted molar refractivity (Wildman–Crippen MR) is 58.5 cm³/mol. The van der Waals surface area contributed by atoms with Gasteiger partial charge < -0.3 is 28.5 Å². The van der Waals surface area contributed by atoms with E-state index in [1.807, 2.05) is 0 Å². The van der Waals surface area contributed by atoms with Gasteiger partial charge in [-0.3, -0.25) is 4.57 Å². The molecular formula is C9H20O7P-. The summed E-state index contributed by atoms with van der Waals surface area (Å²) in [6, 6.07) is 0. The molecule has 1 N–H and O–H groups in total. The van der Waals surface area contributed by atoms with Crippen LogP contribution in [0.15, 0.2) is 0 Å². The van der Waals surface area contributed by atoms with Crippen LogP contribution in [-0.2, 0) is 23.1 Å². The van der Waals surface area contributed by atoms with Crippen LogP contribution in [-0.4, -0.2) is 50.9 Å². The highest BCUT2D eigenvalue weighted by molar-refractivity contribution is 7.45. The van der Waals surface area contributed by atoms with E-state index in [4.69, 9.17) is 14.6 Å². The fourth-order valence-corrected chi connectivity index (χ4v) is 1.76. The highest BCUT2D eigenvalue weighted by atomic mass is 31.2. The minimum Gasteiger partial charge on any atom is -0.756 e. The number of phosphoric acid groups is 1. The van der Waals surface area contributed by atoms with E-state index in [1.54, 1.807) is 13.8 Å². The van der Waals surface area contributed by atoms with Gasteiger partial charge in [0.25, 0.3) is 7.82 Å². The third kappa shape index (κ3) is 12.2. The standard InChI is InChI=1S/C9H21O7P/c1-9(2)16-17(11,12)15-8-7-14-6-5-13-4-3-10/h9-10H,3-8H2,1-2H3,(H,11,12)/p-1. The quantitative estimate of drug-likeness (QED) is 0.414. The lowest BCUT2D eigenvalue weighted by Crippen LogP contribution is -2.16. The van der Waals surface area contributed by atoms with Gasteiger partial charge in [-0.1, -0.05) is 0 Å². The van der Waals surface area contributed by atoms with E-state index >= 15 is 0 Å². The summed E-state index contributed by atoms with van der Waals surface area (Å²) in [4.78, 5) is 11.1. The number of hydrogen-bond acceptors (Lipinski definition) is 7. The average molecular weight is 271 g/mol. The molecule has 0 aliphatic heterocycles. The van der Waals surface area contributed by atoms with Crippen LogP contribution in [0.3, 0.4) is 0 Å². The van der Waals surface area contributed by atoms with E-state index in [9.17, 15) is 9.46 Å². The second-order valence-electron chi connectivity index (χ2n) is 3.38. The summed E-state index contributed by atoms with van der Waals surface area (Å²) in [7, 11) is -4.21. The Labute approximate surface area is 101 Å². The third-order valence-electron chi connectivity index (χ3n) is 1.42. The molecule has 0 aromatic heterocycles. The van der Waals surface area contributed by atoms with Crippen molar-refractivity contribution in [3.05, 3.63) is 0 Å². The van der Waals surface area contributed by atoms with Gasteiger partial charge >= 0.3 is 0 Å². The van der Waals surface area contributed by atoms with Gasteiger partial charge in [0.1, 0.15) is 0 Å². The molecule has 0 amide bonds. The minimum atomic E-state index is -4.21. The van der Waals surface area contributed by atoms with E-state index < -0.39 is 13.9 Å². The maximum atomic E-state index is 11.1. The Morgan fingerprint density at radius 1 is 1.12 bits per heavy atom. The SMILES string of the molecule is CC(C)OP(=O)([O-])OCCOCCOCCO. The van der Waals surface area contributed by atoms with Crippen LogP contribution in [0.5, 0.6) is 0 Å². The van der Waals surface area contributed by atoms with E-state index in [0.717, 1.165) is 0 Å². The Hall–Kier alpha value is -0.0100. The molecule has 0 aliphatic carbocycles. The van der Waals surface area contributed by atoms with Crippen LogP contribution in [0, 0.1) is 0 Å². The largest absolute Gasteiger partial charge is 0.756 e. The van der Waals surface area contributed by atoms with Crippen molar-refractivity contribution in [2.24, 2.45) is 0 Å². The van der Waals surface area contributed by atoms with Gasteiger partial charge in [-0.25, -0.2) is 0 Å². The minimum absolute atomic E-state index is 0.0327. The first-order chi connectivity index (χ1) is 7.98. The molecule has 8 heteroatoms. The lowest BCUT2D eigenvalue weighted by Gasteiger charge is -2.24. The van der Waals surface area contributed by atoms with Crippen molar-refractivity contribution in [1.29, 1.82) is 0 Å². The number of aliphatic hydroxyl groups is 1. The second kappa shape index (κ2) is 9.96. The summed E-state index contributed by atoms with van der Waals surface area (Å²) in [6.45, 7) is 4.14. The lowest BCUT2D eigenvalue weighted by atomic mass is 10.5. The van der Waals surface area contributed by atoms with Crippen molar-refractivity contribution in [3.8, 4) is 0 Å². The molecule has 0 radical (unpaired) electrons. The maximum absolute atomic E-state index is 11.1. The summed E-state index contributed by atoms with van der Waals surface area (Å²) in [5.74, 6) is 0. The molecule has 0 saturated carbocycles. The summed E-state index contributed by atoms with van der Waals surface area (Å²) in [5.41, 5.74) is 0. The molecule has 17 heavy (non-hydrogen) atoms. The van der Waals surface area contributed by atoms with Gasteiger partial charge in [-0.05, 0) is 13.8 Å². The van der Waals surface area contributed by atoms with E-state index in [1.165, 1.54) is 0 Å². The fourth-order valence-electron chi connectivity index (χ4n) is 0.883. The first kappa shape index (κ1) is 17.0. The van der Waals surface area contributed by atoms with Gasteiger partial charge in [0, 0.05) is 0 Å². The topological polar surface area (TPSA) is 97.3 Å². The van der Waals surface area contributed by atoms with Crippen LogP contribution < -0.4 is 4.89 Å². The number of aliphatic hydroxyl groups excluding tert-OH is 1. The van der Waals surface area contributed by atoms with Gasteiger partial charge in [-0.2, -0.15) is 0 Å². The van der Waals surface area contributed by atoms with Crippen LogP contribution in [0.25, 0.3) is 0 Å². The van der Waals surface area contributed by atoms with E-state index in [-0.39, 0.29) is 26.4 Å². The van der Waals surface area contributed by atoms with E-state index in [0.29, 0.717) is 13.2 Å². The first-order valence-corrected chi connectivity index (χ1v) is 6.84. The highest BCUT2D eigenvalue weighted by Gasteiger charge is 2.10. The number of rotatable bonds is 11. The van der Waals surface area contributed by atoms with Crippen molar-refractivity contribution >= 4 is 7.82 Å². The molecule has 0 fully saturated rings. The molecule has 0 rings (SSSR count). The van der Waals surface area contributed by atoms with Crippen LogP contribution in [0.4, 0.5) is 0 Å². The highest BCUT2D eigenvalue weighted by Crippen LogP contribution is 2.39. The molecule has 0 aromatic rings. The molecule has 104 valence electrons. The van der Waals surface area contributed by atoms with Crippen molar-refractivity contribution in [2.75, 3.05) is 39.6 Å². The molecular weight excluding hydrogens is 251 g/mol. The Morgan fingerprint density at radius 2 is 1.65 bits per heavy atom. The molecule has 7 nitrogen and oxygen atoms in total. The molecule has 0 bridgehead atoms. The summed E-state index contributed by atoms with van der Waals surface area (Å²) >= 11 is 0. The number of phosphoric ester groups is 1. The predicted octanol–water partition coefficient (Wildman–Crippen LogP) is -0.0781. The van der Waals surface area contributed by atoms with Gasteiger partial charge in [0.15, 0.2) is 0 Å². The monoisotopic (exact) mass is 271 g/mol. The molecule has 1 atom stereocenters. The van der Waals surface area contributed by atoms with Gasteiger partial charge in [0.2, 0.25) is 0 Å². The van der Waals surface area contributed by atoms with Crippen molar-refractivity contribution in [3.63, 3.8) is 0 Å². The zero-order valence-corrected chi connectivity index (χ0v) is 11.1. The van der Waals surface area contributed by atoms with Crippen molar-refractivity contribution in [1.82, 2.24) is 0 Å². The van der Waals surface area contributed by atoms with Gasteiger partial charge in [-0.15, -0.1) is 0 Å². The van der Waals surface area contributed by atoms with Crippen molar-refractivity contribution in [2.45, 2.75) is 20.0 Å². The normalized spacial score (nSPS) is 15.1. The van der Waals surface area contributed by atoms with Gasteiger partial charge in [0.05, 0.1) is 45.7 Å². The first-order valence-electron chi connectivity index (χ1n) is 5.38. The van der Waals surface area contributed by atoms with Crippen LogP contribution in [0.2, 0.25) is 0 Å². The number of ether oxygens (including phenoxy) is 2. The number of hydrogen-bond donors (Lipinski definition) is 1. The zero-order chi connectivity index (χ0) is 13.1. The zero-order valence-electron chi connectivity index (χ0n) is 10.2. The smallest absolute Gasteiger partial charge is 0.268 e. The summed E-state index contributed by atoms with van der Waals surface area (Å²) < 4.78 is 30.2. The molecule has 0 spiro atoms. The Morgan fingerprint density at radius 3 is 2.18 bits per heavy atom. The van der Waals surface area contributed by atoms with E-state index in [2.05, 4.69) is 9.05 Å². The Bertz CT molecular complexity index is 221. The Balaban J connectivity index is 3.35. The summed E-state index contributed by atoms with van der Waals surface area (Å²) in [5, 5.41) is 8.40. The van der Waals surface area contributed by atoms with Crippen LogP contribution in [0.1, 0.15) is 13.8 Å². The lowest BCUT2D eigenvalue weighted by molar-refractivity contribution is -0.229. The summed E-state index contributed by atoms with van der Waals surface area (Å²) in [6.07, 6.45) is -0.439. The maximum Gasteiger partial charge on any atom is 0.268 e. The third-order valence-corrected chi connectivity index (χ3v) is 2.60.